The molecule has 1 saturated heterocycles. The van der Waals surface area contributed by atoms with Crippen molar-refractivity contribution in [2.45, 2.75) is 25.7 Å². The van der Waals surface area contributed by atoms with Crippen LogP contribution in [0.25, 0.3) is 0 Å². The van der Waals surface area contributed by atoms with Gasteiger partial charge in [0, 0.05) is 18.8 Å². The number of aromatic nitrogens is 1. The van der Waals surface area contributed by atoms with Crippen LogP contribution in [0.4, 0.5) is 0 Å². The van der Waals surface area contributed by atoms with Gasteiger partial charge in [-0.2, -0.15) is 0 Å². The number of nitrogens with zero attached hydrogens (tertiary/aromatic N) is 1. The molecule has 0 saturated carbocycles. The van der Waals surface area contributed by atoms with Crippen LogP contribution in [0.5, 0.6) is 5.88 Å². The van der Waals surface area contributed by atoms with Gasteiger partial charge in [-0.15, -0.1) is 0 Å². The summed E-state index contributed by atoms with van der Waals surface area (Å²) in [5.74, 6) is 0.644. The predicted molar refractivity (Wildman–Crippen MR) is 56.7 cm³/mol. The monoisotopic (exact) mass is 208 g/mol. The normalized spacial score (nSPS) is 24.0. The molecule has 4 nitrogen and oxygen atoms in total. The Morgan fingerprint density at radius 1 is 1.60 bits per heavy atom. The number of hydrogen-bond donors (Lipinski definition) is 1. The maximum Gasteiger partial charge on any atom is 0.213 e. The van der Waals surface area contributed by atoms with E-state index in [9.17, 15) is 0 Å². The molecule has 1 N–H and O–H groups in total. The Kier molecular flexibility index (Phi) is 2.88. The lowest BCUT2D eigenvalue weighted by atomic mass is 10.3. The van der Waals surface area contributed by atoms with Gasteiger partial charge in [-0.25, -0.2) is 4.98 Å². The number of rotatable bonds is 3. The van der Waals surface area contributed by atoms with Crippen LogP contribution in [-0.4, -0.2) is 30.0 Å². The molecule has 0 radical (unpaired) electrons. The van der Waals surface area contributed by atoms with Crippen molar-refractivity contribution in [3.8, 4) is 5.88 Å². The lowest BCUT2D eigenvalue weighted by Gasteiger charge is -2.18. The van der Waals surface area contributed by atoms with Crippen LogP contribution in [0.2, 0.25) is 0 Å². The molecule has 15 heavy (non-hydrogen) atoms. The zero-order valence-electron chi connectivity index (χ0n) is 9.06. The third-order valence-electron chi connectivity index (χ3n) is 2.27. The molecule has 1 aromatic heterocycles. The fraction of sp³-hybridized carbons (Fsp3) is 0.545. The van der Waals surface area contributed by atoms with Crippen molar-refractivity contribution >= 4 is 0 Å². The van der Waals surface area contributed by atoms with Crippen molar-refractivity contribution in [1.82, 2.24) is 10.3 Å². The molecular weight excluding hydrogens is 192 g/mol. The zero-order valence-corrected chi connectivity index (χ0v) is 9.06. The summed E-state index contributed by atoms with van der Waals surface area (Å²) in [5.41, 5.74) is -0.238. The summed E-state index contributed by atoms with van der Waals surface area (Å²) < 4.78 is 11.2. The molecule has 1 aliphatic rings. The van der Waals surface area contributed by atoms with Crippen LogP contribution in [-0.2, 0) is 4.74 Å². The minimum absolute atomic E-state index is 0.0991. The van der Waals surface area contributed by atoms with Crippen molar-refractivity contribution < 1.29 is 9.47 Å². The van der Waals surface area contributed by atoms with Gasteiger partial charge in [-0.05, 0) is 19.9 Å². The molecule has 0 aromatic carbocycles. The average Bonchev–Trinajstić information content (AvgIpc) is 2.57. The SMILES string of the molecule is CC1(C)NCC(COc2ccccn2)O1. The highest BCUT2D eigenvalue weighted by Crippen LogP contribution is 2.16. The third kappa shape index (κ3) is 2.91. The average molecular weight is 208 g/mol. The third-order valence-corrected chi connectivity index (χ3v) is 2.27. The van der Waals surface area contributed by atoms with E-state index in [1.54, 1.807) is 6.20 Å². The van der Waals surface area contributed by atoms with Gasteiger partial charge in [0.15, 0.2) is 0 Å². The molecule has 1 aromatic rings. The molecule has 1 aliphatic heterocycles. The first-order valence-electron chi connectivity index (χ1n) is 5.12. The largest absolute Gasteiger partial charge is 0.475 e. The summed E-state index contributed by atoms with van der Waals surface area (Å²) in [5, 5.41) is 3.26. The number of ether oxygens (including phenoxy) is 2. The molecule has 2 heterocycles. The van der Waals surface area contributed by atoms with Gasteiger partial charge in [-0.1, -0.05) is 6.07 Å². The van der Waals surface area contributed by atoms with Gasteiger partial charge >= 0.3 is 0 Å². The Morgan fingerprint density at radius 2 is 2.47 bits per heavy atom. The Balaban J connectivity index is 1.80. The molecule has 1 unspecified atom stereocenters. The lowest BCUT2D eigenvalue weighted by Crippen LogP contribution is -2.33. The van der Waals surface area contributed by atoms with Crippen LogP contribution < -0.4 is 10.1 Å². The Bertz CT molecular complexity index is 314. The number of nitrogens with one attached hydrogen (secondary N) is 1. The van der Waals surface area contributed by atoms with E-state index in [4.69, 9.17) is 9.47 Å². The minimum atomic E-state index is -0.238. The van der Waals surface area contributed by atoms with E-state index in [0.717, 1.165) is 6.54 Å². The topological polar surface area (TPSA) is 43.4 Å². The smallest absolute Gasteiger partial charge is 0.213 e. The summed E-state index contributed by atoms with van der Waals surface area (Å²) in [6.07, 6.45) is 1.81. The minimum Gasteiger partial charge on any atom is -0.475 e. The maximum absolute atomic E-state index is 5.71. The van der Waals surface area contributed by atoms with E-state index in [2.05, 4.69) is 10.3 Å². The maximum atomic E-state index is 5.71. The summed E-state index contributed by atoms with van der Waals surface area (Å²) in [6, 6.07) is 5.61. The van der Waals surface area contributed by atoms with Crippen molar-refractivity contribution in [3.63, 3.8) is 0 Å². The van der Waals surface area contributed by atoms with Crippen molar-refractivity contribution in [2.24, 2.45) is 0 Å². The first-order chi connectivity index (χ1) is 7.16. The highest BCUT2D eigenvalue weighted by Gasteiger charge is 2.31. The quantitative estimate of drug-likeness (QED) is 0.810. The molecule has 2 rings (SSSR count). The van der Waals surface area contributed by atoms with Gasteiger partial charge in [0.05, 0.1) is 0 Å². The van der Waals surface area contributed by atoms with E-state index in [0.29, 0.717) is 12.5 Å². The van der Waals surface area contributed by atoms with E-state index >= 15 is 0 Å². The fourth-order valence-electron chi connectivity index (χ4n) is 1.56. The first-order valence-corrected chi connectivity index (χ1v) is 5.12. The first kappa shape index (κ1) is 10.4. The standard InChI is InChI=1S/C11H16N2O2/c1-11(2)13-7-9(15-11)8-14-10-5-3-4-6-12-10/h3-6,9,13H,7-8H2,1-2H3. The molecule has 0 bridgehead atoms. The summed E-state index contributed by atoms with van der Waals surface area (Å²) in [6.45, 7) is 5.37. The Morgan fingerprint density at radius 3 is 3.07 bits per heavy atom. The van der Waals surface area contributed by atoms with Crippen LogP contribution >= 0.6 is 0 Å². The van der Waals surface area contributed by atoms with Crippen LogP contribution in [0.15, 0.2) is 24.4 Å². The van der Waals surface area contributed by atoms with E-state index in [-0.39, 0.29) is 11.8 Å². The molecular formula is C11H16N2O2. The highest BCUT2D eigenvalue weighted by molar-refractivity contribution is 5.09. The molecule has 0 aliphatic carbocycles. The van der Waals surface area contributed by atoms with Crippen molar-refractivity contribution in [3.05, 3.63) is 24.4 Å². The van der Waals surface area contributed by atoms with E-state index < -0.39 is 0 Å². The second-order valence-electron chi connectivity index (χ2n) is 4.11. The second-order valence-corrected chi connectivity index (χ2v) is 4.11. The Labute approximate surface area is 89.6 Å². The zero-order chi connectivity index (χ0) is 10.7. The van der Waals surface area contributed by atoms with E-state index in [1.165, 1.54) is 0 Å². The molecule has 0 amide bonds. The van der Waals surface area contributed by atoms with Crippen molar-refractivity contribution in [1.29, 1.82) is 0 Å². The van der Waals surface area contributed by atoms with Crippen molar-refractivity contribution in [2.75, 3.05) is 13.2 Å². The predicted octanol–water partition coefficient (Wildman–Crippen LogP) is 1.18. The molecule has 4 heteroatoms. The van der Waals surface area contributed by atoms with Gasteiger partial charge in [0.25, 0.3) is 0 Å². The van der Waals surface area contributed by atoms with Crippen LogP contribution in [0.3, 0.4) is 0 Å². The number of pyridine rings is 1. The van der Waals surface area contributed by atoms with Crippen LogP contribution in [0.1, 0.15) is 13.8 Å². The molecule has 82 valence electrons. The Hall–Kier alpha value is -1.13. The molecule has 1 fully saturated rings. The van der Waals surface area contributed by atoms with Gasteiger partial charge in [0.1, 0.15) is 18.4 Å². The fourth-order valence-corrected chi connectivity index (χ4v) is 1.56. The van der Waals surface area contributed by atoms with Crippen LogP contribution in [0, 0.1) is 0 Å². The van der Waals surface area contributed by atoms with E-state index in [1.807, 2.05) is 32.0 Å². The summed E-state index contributed by atoms with van der Waals surface area (Å²) in [7, 11) is 0. The highest BCUT2D eigenvalue weighted by atomic mass is 16.6. The molecule has 1 atom stereocenters. The molecule has 0 spiro atoms. The second kappa shape index (κ2) is 4.16. The number of hydrogen-bond acceptors (Lipinski definition) is 4. The van der Waals surface area contributed by atoms with Gasteiger partial charge in [-0.3, -0.25) is 5.32 Å². The summed E-state index contributed by atoms with van der Waals surface area (Å²) >= 11 is 0. The lowest BCUT2D eigenvalue weighted by molar-refractivity contribution is -0.0389. The van der Waals surface area contributed by atoms with Gasteiger partial charge < -0.3 is 9.47 Å². The summed E-state index contributed by atoms with van der Waals surface area (Å²) in [4.78, 5) is 4.08. The van der Waals surface area contributed by atoms with Gasteiger partial charge in [0.2, 0.25) is 5.88 Å².